The lowest BCUT2D eigenvalue weighted by Crippen LogP contribution is -2.06. The van der Waals surface area contributed by atoms with Crippen LogP contribution in [0.25, 0.3) is 0 Å². The molecule has 1 aliphatic carbocycles. The summed E-state index contributed by atoms with van der Waals surface area (Å²) in [5.41, 5.74) is 2.82. The third-order valence-electron chi connectivity index (χ3n) is 3.17. The van der Waals surface area contributed by atoms with Gasteiger partial charge in [-0.05, 0) is 11.1 Å². The summed E-state index contributed by atoms with van der Waals surface area (Å²) in [5.74, 6) is 0.990. The van der Waals surface area contributed by atoms with Crippen molar-refractivity contribution in [3.63, 3.8) is 0 Å². The molecule has 1 heterocycles. The highest BCUT2D eigenvalue weighted by Crippen LogP contribution is 2.32. The smallest absolute Gasteiger partial charge is 0.0684 e. The van der Waals surface area contributed by atoms with Crippen molar-refractivity contribution in [1.82, 2.24) is 0 Å². The number of hydrogen-bond donors (Lipinski definition) is 0. The molecule has 1 heteroatoms. The van der Waals surface area contributed by atoms with Crippen LogP contribution in [0.4, 0.5) is 0 Å². The minimum atomic E-state index is 0.444. The van der Waals surface area contributed by atoms with Gasteiger partial charge in [0.25, 0.3) is 0 Å². The maximum absolute atomic E-state index is 5.46. The van der Waals surface area contributed by atoms with Crippen LogP contribution in [0.3, 0.4) is 0 Å². The molecule has 1 aromatic rings. The Morgan fingerprint density at radius 1 is 1.07 bits per heavy atom. The number of hydrogen-bond acceptors (Lipinski definition) is 1. The zero-order chi connectivity index (χ0) is 10.1. The van der Waals surface area contributed by atoms with Crippen molar-refractivity contribution in [2.45, 2.75) is 5.92 Å². The van der Waals surface area contributed by atoms with Crippen molar-refractivity contribution in [3.8, 4) is 0 Å². The highest BCUT2D eigenvalue weighted by Gasteiger charge is 2.23. The largest absolute Gasteiger partial charge is 0.376 e. The van der Waals surface area contributed by atoms with Crippen LogP contribution in [0.15, 0.2) is 54.1 Å². The molecule has 0 radical (unpaired) electrons. The molecule has 1 aromatic carbocycles. The fourth-order valence-electron chi connectivity index (χ4n) is 2.29. The Balaban J connectivity index is 1.90. The van der Waals surface area contributed by atoms with Gasteiger partial charge in [0.15, 0.2) is 0 Å². The van der Waals surface area contributed by atoms with E-state index in [9.17, 15) is 0 Å². The van der Waals surface area contributed by atoms with Gasteiger partial charge in [0, 0.05) is 11.8 Å². The van der Waals surface area contributed by atoms with Gasteiger partial charge in [-0.2, -0.15) is 0 Å². The molecule has 1 aliphatic heterocycles. The van der Waals surface area contributed by atoms with Gasteiger partial charge in [0.1, 0.15) is 0 Å². The predicted octanol–water partition coefficient (Wildman–Crippen LogP) is 2.91. The first kappa shape index (κ1) is 8.93. The second-order valence-electron chi connectivity index (χ2n) is 4.18. The van der Waals surface area contributed by atoms with Crippen LogP contribution in [0.2, 0.25) is 0 Å². The summed E-state index contributed by atoms with van der Waals surface area (Å²) in [6, 6.07) is 10.6. The fourth-order valence-corrected chi connectivity index (χ4v) is 2.29. The van der Waals surface area contributed by atoms with Crippen molar-refractivity contribution in [2.24, 2.45) is 5.92 Å². The van der Waals surface area contributed by atoms with Crippen LogP contribution >= 0.6 is 0 Å². The number of allylic oxidation sites excluding steroid dienone is 2. The zero-order valence-corrected chi connectivity index (χ0v) is 8.60. The normalized spacial score (nSPS) is 28.7. The number of rotatable bonds is 1. The van der Waals surface area contributed by atoms with Gasteiger partial charge in [-0.3, -0.25) is 0 Å². The Morgan fingerprint density at radius 2 is 1.93 bits per heavy atom. The minimum Gasteiger partial charge on any atom is -0.376 e. The number of ether oxygens (including phenoxy) is 1. The maximum atomic E-state index is 5.46. The van der Waals surface area contributed by atoms with E-state index in [1.54, 1.807) is 0 Å². The SMILES string of the molecule is C1=C[C@H]2COCC2=C[C@H]1c1ccccc1. The first-order valence-electron chi connectivity index (χ1n) is 5.45. The summed E-state index contributed by atoms with van der Waals surface area (Å²) >= 11 is 0. The highest BCUT2D eigenvalue weighted by molar-refractivity contribution is 5.36. The summed E-state index contributed by atoms with van der Waals surface area (Å²) in [6.45, 7) is 1.68. The summed E-state index contributed by atoms with van der Waals surface area (Å²) in [7, 11) is 0. The molecule has 0 spiro atoms. The third-order valence-corrected chi connectivity index (χ3v) is 3.17. The molecule has 0 unspecified atom stereocenters. The highest BCUT2D eigenvalue weighted by atomic mass is 16.5. The van der Waals surface area contributed by atoms with Crippen molar-refractivity contribution < 1.29 is 4.74 Å². The van der Waals surface area contributed by atoms with Crippen molar-refractivity contribution >= 4 is 0 Å². The summed E-state index contributed by atoms with van der Waals surface area (Å²) in [5, 5.41) is 0. The Bertz CT molecular complexity index is 403. The van der Waals surface area contributed by atoms with E-state index in [-0.39, 0.29) is 0 Å². The van der Waals surface area contributed by atoms with Gasteiger partial charge in [-0.25, -0.2) is 0 Å². The van der Waals surface area contributed by atoms with Gasteiger partial charge in [0.2, 0.25) is 0 Å². The second kappa shape index (κ2) is 3.67. The molecule has 3 rings (SSSR count). The lowest BCUT2D eigenvalue weighted by Gasteiger charge is -2.17. The van der Waals surface area contributed by atoms with E-state index in [4.69, 9.17) is 4.74 Å². The minimum absolute atomic E-state index is 0.444. The second-order valence-corrected chi connectivity index (χ2v) is 4.18. The fraction of sp³-hybridized carbons (Fsp3) is 0.286. The standard InChI is InChI=1S/C14H14O/c1-2-4-11(5-3-1)12-6-7-13-9-15-10-14(13)8-12/h1-8,12-13H,9-10H2/t12-,13-/m0/s1. The van der Waals surface area contributed by atoms with Crippen LogP contribution in [0.5, 0.6) is 0 Å². The van der Waals surface area contributed by atoms with Gasteiger partial charge < -0.3 is 4.74 Å². The van der Waals surface area contributed by atoms with E-state index in [1.165, 1.54) is 11.1 Å². The van der Waals surface area contributed by atoms with Crippen LogP contribution in [-0.2, 0) is 4.74 Å². The lowest BCUT2D eigenvalue weighted by molar-refractivity contribution is 0.195. The number of benzene rings is 1. The van der Waals surface area contributed by atoms with Gasteiger partial charge >= 0.3 is 0 Å². The van der Waals surface area contributed by atoms with Gasteiger partial charge in [-0.1, -0.05) is 48.6 Å². The topological polar surface area (TPSA) is 9.23 Å². The molecule has 1 saturated heterocycles. The van der Waals surface area contributed by atoms with E-state index in [1.807, 2.05) is 0 Å². The summed E-state index contributed by atoms with van der Waals surface area (Å²) in [4.78, 5) is 0. The lowest BCUT2D eigenvalue weighted by atomic mass is 9.87. The molecule has 15 heavy (non-hydrogen) atoms. The van der Waals surface area contributed by atoms with Crippen LogP contribution in [0, 0.1) is 5.92 Å². The summed E-state index contributed by atoms with van der Waals surface area (Å²) < 4.78 is 5.46. The van der Waals surface area contributed by atoms with Crippen molar-refractivity contribution in [2.75, 3.05) is 13.2 Å². The molecule has 2 aliphatic rings. The molecule has 76 valence electrons. The third kappa shape index (κ3) is 1.64. The molecule has 0 bridgehead atoms. The number of fused-ring (bicyclic) bond motifs is 1. The molecule has 0 saturated carbocycles. The average molecular weight is 198 g/mol. The predicted molar refractivity (Wildman–Crippen MR) is 60.7 cm³/mol. The maximum Gasteiger partial charge on any atom is 0.0684 e. The van der Waals surface area contributed by atoms with Gasteiger partial charge in [0.05, 0.1) is 13.2 Å². The molecule has 0 N–H and O–H groups in total. The Labute approximate surface area is 90.1 Å². The molecule has 0 amide bonds. The van der Waals surface area contributed by atoms with Crippen LogP contribution in [-0.4, -0.2) is 13.2 Å². The molecule has 2 atom stereocenters. The van der Waals surface area contributed by atoms with E-state index in [0.29, 0.717) is 11.8 Å². The Morgan fingerprint density at radius 3 is 2.80 bits per heavy atom. The quantitative estimate of drug-likeness (QED) is 0.630. The zero-order valence-electron chi connectivity index (χ0n) is 8.60. The van der Waals surface area contributed by atoms with E-state index in [2.05, 4.69) is 48.6 Å². The molecule has 1 fully saturated rings. The summed E-state index contributed by atoms with van der Waals surface area (Å²) in [6.07, 6.45) is 6.94. The van der Waals surface area contributed by atoms with Crippen molar-refractivity contribution in [3.05, 3.63) is 59.7 Å². The van der Waals surface area contributed by atoms with E-state index in [0.717, 1.165) is 13.2 Å². The van der Waals surface area contributed by atoms with Gasteiger partial charge in [-0.15, -0.1) is 0 Å². The van der Waals surface area contributed by atoms with Crippen LogP contribution < -0.4 is 0 Å². The molecular weight excluding hydrogens is 184 g/mol. The van der Waals surface area contributed by atoms with Crippen LogP contribution in [0.1, 0.15) is 11.5 Å². The molecular formula is C14H14O. The van der Waals surface area contributed by atoms with Crippen molar-refractivity contribution in [1.29, 1.82) is 0 Å². The molecule has 0 aromatic heterocycles. The van der Waals surface area contributed by atoms with E-state index >= 15 is 0 Å². The first-order valence-corrected chi connectivity index (χ1v) is 5.45. The first-order chi connectivity index (χ1) is 7.43. The Hall–Kier alpha value is -1.34. The average Bonchev–Trinajstić information content (AvgIpc) is 2.77. The van der Waals surface area contributed by atoms with E-state index < -0.39 is 0 Å². The Kier molecular flexibility index (Phi) is 2.18. The molecule has 1 nitrogen and oxygen atoms in total. The monoisotopic (exact) mass is 198 g/mol.